The van der Waals surface area contributed by atoms with Crippen LogP contribution in [-0.4, -0.2) is 7.05 Å². The molecule has 0 fully saturated rings. The molecule has 20 heavy (non-hydrogen) atoms. The van der Waals surface area contributed by atoms with Gasteiger partial charge < -0.3 is 10.6 Å². The Morgan fingerprint density at radius 3 is 2.15 bits per heavy atom. The van der Waals surface area contributed by atoms with Crippen molar-refractivity contribution >= 4 is 27.3 Å². The SMILES string of the molecule is Cc1cc(C)cc(N(C)c2ccc(C(C)N)cc2Br)c1. The number of halogens is 1. The van der Waals surface area contributed by atoms with Gasteiger partial charge in [-0.05, 0) is 77.7 Å². The van der Waals surface area contributed by atoms with Gasteiger partial charge in [0.1, 0.15) is 0 Å². The molecule has 0 saturated carbocycles. The average Bonchev–Trinajstić information content (AvgIpc) is 2.36. The first-order valence-electron chi connectivity index (χ1n) is 6.75. The van der Waals surface area contributed by atoms with Gasteiger partial charge in [-0.3, -0.25) is 0 Å². The quantitative estimate of drug-likeness (QED) is 0.870. The first-order valence-corrected chi connectivity index (χ1v) is 7.55. The first kappa shape index (κ1) is 15.1. The molecule has 0 saturated heterocycles. The predicted molar refractivity (Wildman–Crippen MR) is 90.7 cm³/mol. The van der Waals surface area contributed by atoms with Gasteiger partial charge in [0.2, 0.25) is 0 Å². The van der Waals surface area contributed by atoms with Crippen molar-refractivity contribution < 1.29 is 0 Å². The summed E-state index contributed by atoms with van der Waals surface area (Å²) in [6.07, 6.45) is 0. The number of nitrogens with two attached hydrogens (primary N) is 1. The van der Waals surface area contributed by atoms with Crippen LogP contribution < -0.4 is 10.6 Å². The highest BCUT2D eigenvalue weighted by molar-refractivity contribution is 9.10. The van der Waals surface area contributed by atoms with Crippen LogP contribution in [0.25, 0.3) is 0 Å². The molecule has 0 aliphatic carbocycles. The first-order chi connectivity index (χ1) is 9.38. The van der Waals surface area contributed by atoms with Gasteiger partial charge in [0.05, 0.1) is 5.69 Å². The highest BCUT2D eigenvalue weighted by Gasteiger charge is 2.10. The van der Waals surface area contributed by atoms with Crippen LogP contribution in [0.5, 0.6) is 0 Å². The molecule has 106 valence electrons. The second-order valence-electron chi connectivity index (χ2n) is 5.40. The average molecular weight is 333 g/mol. The fraction of sp³-hybridized carbons (Fsp3) is 0.294. The van der Waals surface area contributed by atoms with Crippen LogP contribution >= 0.6 is 15.9 Å². The number of hydrogen-bond donors (Lipinski definition) is 1. The van der Waals surface area contributed by atoms with Crippen molar-refractivity contribution in [2.24, 2.45) is 5.73 Å². The normalized spacial score (nSPS) is 12.3. The molecule has 1 unspecified atom stereocenters. The molecule has 2 N–H and O–H groups in total. The zero-order chi connectivity index (χ0) is 14.9. The maximum absolute atomic E-state index is 5.93. The minimum Gasteiger partial charge on any atom is -0.344 e. The standard InChI is InChI=1S/C17H21BrN2/c1-11-7-12(2)9-15(8-11)20(4)17-6-5-14(13(3)19)10-16(17)18/h5-10,13H,19H2,1-4H3. The lowest BCUT2D eigenvalue weighted by Crippen LogP contribution is -2.11. The minimum atomic E-state index is 0.0480. The van der Waals surface area contributed by atoms with E-state index >= 15 is 0 Å². The number of rotatable bonds is 3. The fourth-order valence-electron chi connectivity index (χ4n) is 2.36. The summed E-state index contributed by atoms with van der Waals surface area (Å²) in [6.45, 7) is 6.24. The molecule has 0 aliphatic rings. The Balaban J connectivity index is 2.40. The van der Waals surface area contributed by atoms with E-state index in [1.54, 1.807) is 0 Å². The van der Waals surface area contributed by atoms with Crippen LogP contribution in [0.1, 0.15) is 29.7 Å². The van der Waals surface area contributed by atoms with Gasteiger partial charge in [0.15, 0.2) is 0 Å². The zero-order valence-electron chi connectivity index (χ0n) is 12.4. The van der Waals surface area contributed by atoms with E-state index in [0.717, 1.165) is 15.7 Å². The lowest BCUT2D eigenvalue weighted by molar-refractivity contribution is 0.817. The van der Waals surface area contributed by atoms with Gasteiger partial charge in [-0.1, -0.05) is 12.1 Å². The largest absolute Gasteiger partial charge is 0.344 e. The summed E-state index contributed by atoms with van der Waals surface area (Å²) >= 11 is 3.65. The van der Waals surface area contributed by atoms with Crippen molar-refractivity contribution in [1.82, 2.24) is 0 Å². The number of anilines is 2. The maximum atomic E-state index is 5.93. The van der Waals surface area contributed by atoms with Crippen LogP contribution in [0.2, 0.25) is 0 Å². The molecule has 1 atom stereocenters. The topological polar surface area (TPSA) is 29.3 Å². The molecule has 2 aromatic rings. The lowest BCUT2D eigenvalue weighted by atomic mass is 10.1. The molecule has 0 heterocycles. The van der Waals surface area contributed by atoms with E-state index in [4.69, 9.17) is 5.73 Å². The third-order valence-corrected chi connectivity index (χ3v) is 4.09. The molecule has 0 amide bonds. The molecule has 2 rings (SSSR count). The van der Waals surface area contributed by atoms with E-state index in [9.17, 15) is 0 Å². The van der Waals surface area contributed by atoms with Gasteiger partial charge in [0.25, 0.3) is 0 Å². The van der Waals surface area contributed by atoms with Crippen molar-refractivity contribution in [1.29, 1.82) is 0 Å². The number of nitrogens with zero attached hydrogens (tertiary/aromatic N) is 1. The number of aryl methyl sites for hydroxylation is 2. The molecule has 2 aromatic carbocycles. The van der Waals surface area contributed by atoms with Crippen LogP contribution in [0.4, 0.5) is 11.4 Å². The van der Waals surface area contributed by atoms with E-state index < -0.39 is 0 Å². The molecule has 0 aliphatic heterocycles. The van der Waals surface area contributed by atoms with Gasteiger partial charge in [0, 0.05) is 23.2 Å². The summed E-state index contributed by atoms with van der Waals surface area (Å²) in [5, 5.41) is 0. The van der Waals surface area contributed by atoms with Gasteiger partial charge in [-0.25, -0.2) is 0 Å². The summed E-state index contributed by atoms with van der Waals surface area (Å²) < 4.78 is 1.06. The monoisotopic (exact) mass is 332 g/mol. The van der Waals surface area contributed by atoms with E-state index in [-0.39, 0.29) is 6.04 Å². The lowest BCUT2D eigenvalue weighted by Gasteiger charge is -2.23. The summed E-state index contributed by atoms with van der Waals surface area (Å²) in [7, 11) is 2.08. The summed E-state index contributed by atoms with van der Waals surface area (Å²) in [5.74, 6) is 0. The number of hydrogen-bond acceptors (Lipinski definition) is 2. The van der Waals surface area contributed by atoms with Crippen molar-refractivity contribution in [2.45, 2.75) is 26.8 Å². The second kappa shape index (κ2) is 5.98. The van der Waals surface area contributed by atoms with E-state index in [1.807, 2.05) is 6.92 Å². The van der Waals surface area contributed by atoms with Crippen molar-refractivity contribution in [3.63, 3.8) is 0 Å². The Kier molecular flexibility index (Phi) is 4.51. The molecule has 2 nitrogen and oxygen atoms in total. The van der Waals surface area contributed by atoms with Crippen LogP contribution in [0.3, 0.4) is 0 Å². The Labute approximate surface area is 129 Å². The van der Waals surface area contributed by atoms with Gasteiger partial charge in [-0.15, -0.1) is 0 Å². The fourth-order valence-corrected chi connectivity index (χ4v) is 3.02. The van der Waals surface area contributed by atoms with Crippen LogP contribution in [0, 0.1) is 13.8 Å². The van der Waals surface area contributed by atoms with E-state index in [2.05, 4.69) is 78.1 Å². The molecule has 0 aromatic heterocycles. The predicted octanol–water partition coefficient (Wildman–Crippen LogP) is 4.85. The zero-order valence-corrected chi connectivity index (χ0v) is 14.0. The molecule has 0 spiro atoms. The summed E-state index contributed by atoms with van der Waals surface area (Å²) in [4.78, 5) is 2.19. The summed E-state index contributed by atoms with van der Waals surface area (Å²) in [5.41, 5.74) is 11.9. The van der Waals surface area contributed by atoms with Crippen molar-refractivity contribution in [3.8, 4) is 0 Å². The Hall–Kier alpha value is -1.32. The molecule has 0 bridgehead atoms. The van der Waals surface area contributed by atoms with E-state index in [0.29, 0.717) is 0 Å². The van der Waals surface area contributed by atoms with Gasteiger partial charge in [-0.2, -0.15) is 0 Å². The molecular weight excluding hydrogens is 312 g/mol. The van der Waals surface area contributed by atoms with Crippen molar-refractivity contribution in [2.75, 3.05) is 11.9 Å². The second-order valence-corrected chi connectivity index (χ2v) is 6.26. The highest BCUT2D eigenvalue weighted by atomic mass is 79.9. The molecular formula is C17H21BrN2. The maximum Gasteiger partial charge on any atom is 0.0552 e. The van der Waals surface area contributed by atoms with E-state index in [1.165, 1.54) is 16.8 Å². The summed E-state index contributed by atoms with van der Waals surface area (Å²) in [6, 6.07) is 12.9. The Bertz CT molecular complexity index is 600. The minimum absolute atomic E-state index is 0.0480. The Morgan fingerprint density at radius 1 is 1.05 bits per heavy atom. The highest BCUT2D eigenvalue weighted by Crippen LogP contribution is 2.33. The molecule has 0 radical (unpaired) electrons. The third kappa shape index (κ3) is 3.22. The van der Waals surface area contributed by atoms with Gasteiger partial charge >= 0.3 is 0 Å². The Morgan fingerprint density at radius 2 is 1.65 bits per heavy atom. The number of benzene rings is 2. The smallest absolute Gasteiger partial charge is 0.0552 e. The van der Waals surface area contributed by atoms with Crippen LogP contribution in [-0.2, 0) is 0 Å². The van der Waals surface area contributed by atoms with Crippen LogP contribution in [0.15, 0.2) is 40.9 Å². The third-order valence-electron chi connectivity index (χ3n) is 3.45. The van der Waals surface area contributed by atoms with Crippen molar-refractivity contribution in [3.05, 3.63) is 57.6 Å². The molecule has 3 heteroatoms.